The number of amides is 1. The molecule has 1 aliphatic carbocycles. The Morgan fingerprint density at radius 2 is 1.94 bits per heavy atom. The summed E-state index contributed by atoms with van der Waals surface area (Å²) in [4.78, 5) is 35.0. The first-order valence-electron chi connectivity index (χ1n) is 11.0. The van der Waals surface area contributed by atoms with Crippen LogP contribution in [0.2, 0.25) is 5.02 Å². The molecule has 0 aromatic carbocycles. The maximum absolute atomic E-state index is 12.9. The second kappa shape index (κ2) is 9.67. The molecule has 2 aromatic heterocycles. The van der Waals surface area contributed by atoms with Crippen LogP contribution >= 0.6 is 11.6 Å². The van der Waals surface area contributed by atoms with Gasteiger partial charge in [-0.2, -0.15) is 13.2 Å². The molecule has 1 saturated heterocycles. The molecule has 176 valence electrons. The normalized spacial score (nSPS) is 19.2. The second-order valence-corrected chi connectivity index (χ2v) is 9.06. The number of carbonyl (C=O) groups excluding carboxylic acids is 2. The van der Waals surface area contributed by atoms with Crippen LogP contribution in [-0.2, 0) is 11.0 Å². The zero-order valence-corrected chi connectivity index (χ0v) is 18.6. The predicted molar refractivity (Wildman–Crippen MR) is 118 cm³/mol. The number of Topliss-reactive ketones (excluding diaryl/α,β-unsaturated/α-hetero) is 1. The van der Waals surface area contributed by atoms with E-state index in [1.165, 1.54) is 6.20 Å². The lowest BCUT2D eigenvalue weighted by Crippen LogP contribution is -2.37. The number of nitrogens with one attached hydrogen (secondary N) is 1. The van der Waals surface area contributed by atoms with Gasteiger partial charge >= 0.3 is 6.18 Å². The first-order valence-corrected chi connectivity index (χ1v) is 11.4. The van der Waals surface area contributed by atoms with Crippen molar-refractivity contribution in [2.24, 2.45) is 11.8 Å². The first-order chi connectivity index (χ1) is 15.7. The Morgan fingerprint density at radius 3 is 2.61 bits per heavy atom. The lowest BCUT2D eigenvalue weighted by molar-refractivity contribution is -0.137. The van der Waals surface area contributed by atoms with Crippen LogP contribution in [0.4, 0.5) is 24.8 Å². The number of halogens is 4. The van der Waals surface area contributed by atoms with Crippen molar-refractivity contribution in [3.63, 3.8) is 0 Å². The highest BCUT2D eigenvalue weighted by molar-refractivity contribution is 6.33. The maximum Gasteiger partial charge on any atom is 0.417 e. The summed E-state index contributed by atoms with van der Waals surface area (Å²) >= 11 is 6.10. The van der Waals surface area contributed by atoms with E-state index in [4.69, 9.17) is 11.6 Å². The number of aromatic nitrogens is 2. The lowest BCUT2D eigenvalue weighted by Gasteiger charge is -2.34. The number of nitrogens with zero attached hydrogens (tertiary/aromatic N) is 3. The highest BCUT2D eigenvalue weighted by Crippen LogP contribution is 2.35. The van der Waals surface area contributed by atoms with Crippen LogP contribution in [0.3, 0.4) is 0 Å². The molecule has 0 spiro atoms. The molecule has 2 aromatic rings. The predicted octanol–water partition coefficient (Wildman–Crippen LogP) is 5.38. The van der Waals surface area contributed by atoms with Gasteiger partial charge in [0.25, 0.3) is 0 Å². The van der Waals surface area contributed by atoms with Crippen LogP contribution < -0.4 is 10.2 Å². The maximum atomic E-state index is 12.9. The molecule has 2 aliphatic rings. The van der Waals surface area contributed by atoms with Gasteiger partial charge in [-0.3, -0.25) is 9.59 Å². The molecule has 3 heterocycles. The third-order valence-electron chi connectivity index (χ3n) is 6.25. The van der Waals surface area contributed by atoms with E-state index in [0.717, 1.165) is 44.4 Å². The Bertz CT molecular complexity index is 1040. The van der Waals surface area contributed by atoms with E-state index in [1.54, 1.807) is 12.1 Å². The quantitative estimate of drug-likeness (QED) is 0.562. The number of carbonyl (C=O) groups is 2. The highest BCUT2D eigenvalue weighted by Gasteiger charge is 2.33. The van der Waals surface area contributed by atoms with Crippen LogP contribution in [-0.4, -0.2) is 34.7 Å². The van der Waals surface area contributed by atoms with E-state index in [1.807, 2.05) is 4.90 Å². The van der Waals surface area contributed by atoms with Crippen molar-refractivity contribution in [1.29, 1.82) is 0 Å². The number of rotatable bonds is 6. The molecule has 1 aliphatic heterocycles. The van der Waals surface area contributed by atoms with E-state index < -0.39 is 11.7 Å². The van der Waals surface area contributed by atoms with Gasteiger partial charge in [0.1, 0.15) is 11.6 Å². The third-order valence-corrected chi connectivity index (χ3v) is 6.53. The molecule has 4 rings (SSSR count). The Hall–Kier alpha value is -2.68. The fourth-order valence-corrected chi connectivity index (χ4v) is 4.48. The Morgan fingerprint density at radius 1 is 1.15 bits per heavy atom. The van der Waals surface area contributed by atoms with Gasteiger partial charge in [-0.15, -0.1) is 0 Å². The molecule has 1 N–H and O–H groups in total. The van der Waals surface area contributed by atoms with Crippen molar-refractivity contribution < 1.29 is 22.8 Å². The van der Waals surface area contributed by atoms with E-state index >= 15 is 0 Å². The average molecular weight is 481 g/mol. The van der Waals surface area contributed by atoms with Gasteiger partial charge in [0.15, 0.2) is 5.78 Å². The summed E-state index contributed by atoms with van der Waals surface area (Å²) in [7, 11) is 0. The minimum Gasteiger partial charge on any atom is -0.355 e. The van der Waals surface area contributed by atoms with Crippen molar-refractivity contribution in [2.45, 2.75) is 44.7 Å². The van der Waals surface area contributed by atoms with Gasteiger partial charge in [-0.05, 0) is 49.8 Å². The monoisotopic (exact) mass is 480 g/mol. The van der Waals surface area contributed by atoms with Gasteiger partial charge in [0.2, 0.25) is 5.91 Å². The molecule has 6 nitrogen and oxygen atoms in total. The van der Waals surface area contributed by atoms with E-state index in [2.05, 4.69) is 15.3 Å². The number of hydrogen-bond acceptors (Lipinski definition) is 5. The van der Waals surface area contributed by atoms with E-state index in [0.29, 0.717) is 30.3 Å². The molecule has 0 radical (unpaired) electrons. The van der Waals surface area contributed by atoms with Gasteiger partial charge in [0, 0.05) is 43.4 Å². The van der Waals surface area contributed by atoms with Crippen molar-refractivity contribution >= 4 is 34.9 Å². The van der Waals surface area contributed by atoms with Crippen molar-refractivity contribution in [2.75, 3.05) is 23.3 Å². The topological polar surface area (TPSA) is 75.2 Å². The van der Waals surface area contributed by atoms with Crippen molar-refractivity contribution in [3.8, 4) is 0 Å². The summed E-state index contributed by atoms with van der Waals surface area (Å²) in [5.41, 5.74) is -0.422. The molecule has 0 bridgehead atoms. The number of anilines is 2. The molecule has 2 fully saturated rings. The third kappa shape index (κ3) is 5.63. The van der Waals surface area contributed by atoms with Crippen LogP contribution in [0.25, 0.3) is 0 Å². The van der Waals surface area contributed by atoms with Gasteiger partial charge in [-0.1, -0.05) is 18.0 Å². The number of pyridine rings is 2. The zero-order chi connectivity index (χ0) is 23.6. The molecular formula is C23H24ClF3N4O2. The summed E-state index contributed by atoms with van der Waals surface area (Å²) in [6.45, 7) is 1.08. The minimum absolute atomic E-state index is 0.00703. The molecule has 0 unspecified atom stereocenters. The minimum atomic E-state index is -4.51. The van der Waals surface area contributed by atoms with Crippen molar-refractivity contribution in [3.05, 3.63) is 46.7 Å². The summed E-state index contributed by atoms with van der Waals surface area (Å²) in [6.07, 6.45) is 2.44. The van der Waals surface area contributed by atoms with Gasteiger partial charge < -0.3 is 10.2 Å². The Balaban J connectivity index is 1.39. The highest BCUT2D eigenvalue weighted by atomic mass is 35.5. The smallest absolute Gasteiger partial charge is 0.355 e. The Labute approximate surface area is 194 Å². The van der Waals surface area contributed by atoms with Gasteiger partial charge in [-0.25, -0.2) is 9.97 Å². The Kier molecular flexibility index (Phi) is 6.88. The van der Waals surface area contributed by atoms with Crippen LogP contribution in [0.1, 0.15) is 54.4 Å². The molecule has 33 heavy (non-hydrogen) atoms. The largest absolute Gasteiger partial charge is 0.417 e. The SMILES string of the molecule is O=C(C[C@@H]1CCCN(c2ncc(C(F)(F)F)cc2Cl)C1)c1ccnc(NC(=O)C2CCC2)c1. The number of hydrogen-bond donors (Lipinski definition) is 1. The molecule has 1 saturated carbocycles. The second-order valence-electron chi connectivity index (χ2n) is 8.66. The van der Waals surface area contributed by atoms with Crippen LogP contribution in [0.15, 0.2) is 30.6 Å². The summed E-state index contributed by atoms with van der Waals surface area (Å²) < 4.78 is 38.7. The standard InChI is InChI=1S/C23H24ClF3N4O2/c24-18-11-17(23(25,26)27)12-29-21(18)31-8-2-3-14(13-31)9-19(32)16-6-7-28-20(10-16)30-22(33)15-4-1-5-15/h6-7,10-12,14-15H,1-5,8-9,13H2,(H,28,30,33)/t14-/m0/s1. The molecular weight excluding hydrogens is 457 g/mol. The zero-order valence-electron chi connectivity index (χ0n) is 17.9. The number of alkyl halides is 3. The first kappa shape index (κ1) is 23.5. The number of piperidine rings is 1. The number of ketones is 1. The van der Waals surface area contributed by atoms with Gasteiger partial charge in [0.05, 0.1) is 10.6 Å². The molecule has 1 atom stereocenters. The summed E-state index contributed by atoms with van der Waals surface area (Å²) in [5, 5.41) is 2.72. The summed E-state index contributed by atoms with van der Waals surface area (Å²) in [5.74, 6) is 0.546. The van der Waals surface area contributed by atoms with Crippen LogP contribution in [0, 0.1) is 11.8 Å². The fourth-order valence-electron chi connectivity index (χ4n) is 4.19. The molecule has 10 heteroatoms. The van der Waals surface area contributed by atoms with Crippen LogP contribution in [0.5, 0.6) is 0 Å². The van der Waals surface area contributed by atoms with E-state index in [-0.39, 0.29) is 35.0 Å². The summed E-state index contributed by atoms with van der Waals surface area (Å²) in [6, 6.07) is 4.10. The molecule has 1 amide bonds. The fraction of sp³-hybridized carbons (Fsp3) is 0.478. The van der Waals surface area contributed by atoms with E-state index in [9.17, 15) is 22.8 Å². The average Bonchev–Trinajstić information content (AvgIpc) is 2.72. The van der Waals surface area contributed by atoms with Crippen molar-refractivity contribution in [1.82, 2.24) is 9.97 Å². The lowest BCUT2D eigenvalue weighted by atomic mass is 9.85.